The number of amides is 1. The Morgan fingerprint density at radius 1 is 1.03 bits per heavy atom. The first-order chi connectivity index (χ1) is 15.6. The van der Waals surface area contributed by atoms with E-state index in [0.29, 0.717) is 6.54 Å². The molecule has 0 unspecified atom stereocenters. The largest absolute Gasteiger partial charge is 0.495 e. The van der Waals surface area contributed by atoms with Gasteiger partial charge in [-0.2, -0.15) is 0 Å². The van der Waals surface area contributed by atoms with Crippen LogP contribution in [0.1, 0.15) is 39.0 Å². The van der Waals surface area contributed by atoms with Gasteiger partial charge in [0.25, 0.3) is 0 Å². The third kappa shape index (κ3) is 5.07. The first-order valence-electron chi connectivity index (χ1n) is 11.9. The number of anilines is 2. The van der Waals surface area contributed by atoms with E-state index in [-0.39, 0.29) is 11.3 Å². The topological polar surface area (TPSA) is 48.9 Å². The SMILES string of the molecule is COc1ccccc1N1CCN(CCN(C(=O)C2(C)CCCCC2)c2ccccn2)CC1. The Hall–Kier alpha value is -2.60. The summed E-state index contributed by atoms with van der Waals surface area (Å²) in [6.45, 7) is 7.54. The van der Waals surface area contributed by atoms with E-state index in [0.717, 1.165) is 75.7 Å². The lowest BCUT2D eigenvalue weighted by atomic mass is 9.74. The van der Waals surface area contributed by atoms with Crippen molar-refractivity contribution < 1.29 is 9.53 Å². The number of para-hydroxylation sites is 2. The summed E-state index contributed by atoms with van der Waals surface area (Å²) in [6, 6.07) is 14.1. The Morgan fingerprint density at radius 3 is 2.44 bits per heavy atom. The summed E-state index contributed by atoms with van der Waals surface area (Å²) in [7, 11) is 1.73. The molecular weight excluding hydrogens is 400 g/mol. The van der Waals surface area contributed by atoms with Gasteiger partial charge in [-0.1, -0.05) is 44.4 Å². The molecule has 0 atom stereocenters. The Bertz CT molecular complexity index is 874. The van der Waals surface area contributed by atoms with Crippen molar-refractivity contribution >= 4 is 17.4 Å². The van der Waals surface area contributed by atoms with Crippen LogP contribution in [-0.2, 0) is 4.79 Å². The number of hydrogen-bond acceptors (Lipinski definition) is 5. The second kappa shape index (κ2) is 10.3. The summed E-state index contributed by atoms with van der Waals surface area (Å²) >= 11 is 0. The number of aromatic nitrogens is 1. The van der Waals surface area contributed by atoms with E-state index in [1.54, 1.807) is 13.3 Å². The Morgan fingerprint density at radius 2 is 1.75 bits per heavy atom. The molecule has 0 radical (unpaired) electrons. The first kappa shape index (κ1) is 22.6. The molecule has 32 heavy (non-hydrogen) atoms. The molecule has 6 heteroatoms. The molecule has 1 aromatic carbocycles. The maximum Gasteiger partial charge on any atom is 0.234 e. The summed E-state index contributed by atoms with van der Waals surface area (Å²) in [4.78, 5) is 25.0. The van der Waals surface area contributed by atoms with Crippen molar-refractivity contribution in [3.63, 3.8) is 0 Å². The van der Waals surface area contributed by atoms with E-state index in [1.165, 1.54) is 6.42 Å². The lowest BCUT2D eigenvalue weighted by Crippen LogP contribution is -2.51. The van der Waals surface area contributed by atoms with E-state index in [4.69, 9.17) is 4.74 Å². The van der Waals surface area contributed by atoms with Gasteiger partial charge in [0.2, 0.25) is 5.91 Å². The molecule has 2 heterocycles. The highest BCUT2D eigenvalue weighted by molar-refractivity contribution is 5.96. The number of hydrogen-bond donors (Lipinski definition) is 0. The van der Waals surface area contributed by atoms with Gasteiger partial charge in [-0.25, -0.2) is 4.98 Å². The molecule has 1 aliphatic heterocycles. The van der Waals surface area contributed by atoms with Crippen molar-refractivity contribution in [1.82, 2.24) is 9.88 Å². The van der Waals surface area contributed by atoms with Crippen molar-refractivity contribution in [3.05, 3.63) is 48.7 Å². The molecule has 4 rings (SSSR count). The Kier molecular flexibility index (Phi) is 7.30. The zero-order chi connectivity index (χ0) is 22.4. The minimum Gasteiger partial charge on any atom is -0.495 e. The molecule has 1 saturated heterocycles. The lowest BCUT2D eigenvalue weighted by Gasteiger charge is -2.39. The van der Waals surface area contributed by atoms with E-state index in [2.05, 4.69) is 33.8 Å². The average Bonchev–Trinajstić information content (AvgIpc) is 2.85. The van der Waals surface area contributed by atoms with Crippen LogP contribution in [0.25, 0.3) is 0 Å². The van der Waals surface area contributed by atoms with Crippen molar-refractivity contribution in [2.45, 2.75) is 39.0 Å². The third-order valence-corrected chi connectivity index (χ3v) is 7.08. The number of piperazine rings is 1. The molecule has 6 nitrogen and oxygen atoms in total. The summed E-state index contributed by atoms with van der Waals surface area (Å²) in [5.74, 6) is 1.94. The fourth-order valence-electron chi connectivity index (χ4n) is 5.05. The maximum atomic E-state index is 13.6. The average molecular weight is 437 g/mol. The molecule has 0 bridgehead atoms. The van der Waals surface area contributed by atoms with Gasteiger partial charge >= 0.3 is 0 Å². The highest BCUT2D eigenvalue weighted by atomic mass is 16.5. The van der Waals surface area contributed by atoms with Crippen molar-refractivity contribution in [2.75, 3.05) is 56.2 Å². The molecule has 1 amide bonds. The number of rotatable bonds is 7. The van der Waals surface area contributed by atoms with Crippen LogP contribution in [0.5, 0.6) is 5.75 Å². The van der Waals surface area contributed by atoms with Gasteiger partial charge in [0.15, 0.2) is 0 Å². The van der Waals surface area contributed by atoms with E-state index < -0.39 is 0 Å². The number of carbonyl (C=O) groups is 1. The number of benzene rings is 1. The zero-order valence-corrected chi connectivity index (χ0v) is 19.5. The van der Waals surface area contributed by atoms with Crippen LogP contribution < -0.4 is 14.5 Å². The van der Waals surface area contributed by atoms with Gasteiger partial charge in [0, 0.05) is 50.9 Å². The van der Waals surface area contributed by atoms with Crippen molar-refractivity contribution in [3.8, 4) is 5.75 Å². The number of ether oxygens (including phenoxy) is 1. The van der Waals surface area contributed by atoms with Crippen LogP contribution in [0.15, 0.2) is 48.7 Å². The van der Waals surface area contributed by atoms with E-state index >= 15 is 0 Å². The first-order valence-corrected chi connectivity index (χ1v) is 11.9. The molecule has 1 aromatic heterocycles. The predicted molar refractivity (Wildman–Crippen MR) is 129 cm³/mol. The molecule has 1 aliphatic carbocycles. The minimum absolute atomic E-state index is 0.239. The normalized spacial score (nSPS) is 18.9. The third-order valence-electron chi connectivity index (χ3n) is 7.08. The van der Waals surface area contributed by atoms with Gasteiger partial charge < -0.3 is 9.64 Å². The van der Waals surface area contributed by atoms with Crippen molar-refractivity contribution in [2.24, 2.45) is 5.41 Å². The zero-order valence-electron chi connectivity index (χ0n) is 19.5. The predicted octanol–water partition coefficient (Wildman–Crippen LogP) is 4.22. The molecule has 172 valence electrons. The molecule has 2 fully saturated rings. The molecule has 0 spiro atoms. The lowest BCUT2D eigenvalue weighted by molar-refractivity contribution is -0.129. The highest BCUT2D eigenvalue weighted by Crippen LogP contribution is 2.38. The Balaban J connectivity index is 1.39. The summed E-state index contributed by atoms with van der Waals surface area (Å²) in [5.41, 5.74) is 0.892. The molecule has 2 aliphatic rings. The standard InChI is InChI=1S/C26H36N4O2/c1-26(13-7-3-8-14-26)25(31)30(24-12-6-9-15-27-24)21-18-28-16-19-29(20-17-28)22-10-4-5-11-23(22)32-2/h4-6,9-12,15H,3,7-8,13-14,16-21H2,1-2H3. The smallest absolute Gasteiger partial charge is 0.234 e. The van der Waals surface area contributed by atoms with Crippen molar-refractivity contribution in [1.29, 1.82) is 0 Å². The summed E-state index contributed by atoms with van der Waals surface area (Å²) < 4.78 is 5.54. The molecule has 1 saturated carbocycles. The number of carbonyl (C=O) groups excluding carboxylic acids is 1. The highest BCUT2D eigenvalue weighted by Gasteiger charge is 2.38. The molecule has 0 N–H and O–H groups in total. The van der Waals surface area contributed by atoms with Gasteiger partial charge in [-0.05, 0) is 37.1 Å². The molecule has 2 aromatic rings. The number of pyridine rings is 1. The van der Waals surface area contributed by atoms with Gasteiger partial charge in [0.1, 0.15) is 11.6 Å². The van der Waals surface area contributed by atoms with E-state index in [1.807, 2.05) is 35.2 Å². The van der Waals surface area contributed by atoms with Crippen LogP contribution in [0.3, 0.4) is 0 Å². The second-order valence-electron chi connectivity index (χ2n) is 9.27. The van der Waals surface area contributed by atoms with Crippen LogP contribution >= 0.6 is 0 Å². The van der Waals surface area contributed by atoms with Gasteiger partial charge in [-0.3, -0.25) is 14.6 Å². The quantitative estimate of drug-likeness (QED) is 0.651. The summed E-state index contributed by atoms with van der Waals surface area (Å²) in [5, 5.41) is 0. The minimum atomic E-state index is -0.266. The number of nitrogens with zero attached hydrogens (tertiary/aromatic N) is 4. The second-order valence-corrected chi connectivity index (χ2v) is 9.27. The fraction of sp³-hybridized carbons (Fsp3) is 0.538. The number of methoxy groups -OCH3 is 1. The van der Waals surface area contributed by atoms with E-state index in [9.17, 15) is 4.79 Å². The Labute approximate surface area is 192 Å². The van der Waals surface area contributed by atoms with Crippen LogP contribution in [-0.4, -0.2) is 62.2 Å². The fourth-order valence-corrected chi connectivity index (χ4v) is 5.05. The van der Waals surface area contributed by atoms with Gasteiger partial charge in [-0.15, -0.1) is 0 Å². The van der Waals surface area contributed by atoms with Crippen LogP contribution in [0.2, 0.25) is 0 Å². The molecular formula is C26H36N4O2. The van der Waals surface area contributed by atoms with Crippen LogP contribution in [0, 0.1) is 5.41 Å². The van der Waals surface area contributed by atoms with Crippen LogP contribution in [0.4, 0.5) is 11.5 Å². The monoisotopic (exact) mass is 436 g/mol. The summed E-state index contributed by atoms with van der Waals surface area (Å²) in [6.07, 6.45) is 7.26. The van der Waals surface area contributed by atoms with Gasteiger partial charge in [0.05, 0.1) is 12.8 Å². The maximum absolute atomic E-state index is 13.6.